The topological polar surface area (TPSA) is 63.4 Å². The molecule has 0 aliphatic heterocycles. The third kappa shape index (κ3) is 4.75. The van der Waals surface area contributed by atoms with E-state index in [1.165, 1.54) is 5.70 Å². The summed E-state index contributed by atoms with van der Waals surface area (Å²) >= 11 is 0. The average molecular weight is 391 g/mol. The minimum Gasteiger partial charge on any atom is -0.389 e. The number of nitrogens with zero attached hydrogens (tertiary/aromatic N) is 1. The number of aryl methyl sites for hydroxylation is 1. The molecule has 1 aliphatic carbocycles. The quantitative estimate of drug-likeness (QED) is 0.719. The molecule has 150 valence electrons. The van der Waals surface area contributed by atoms with Gasteiger partial charge in [-0.1, -0.05) is 31.5 Å². The molecular formula is C22H34N2O2S. The van der Waals surface area contributed by atoms with E-state index in [1.54, 1.807) is 24.3 Å². The summed E-state index contributed by atoms with van der Waals surface area (Å²) in [6.45, 7) is 10.8. The van der Waals surface area contributed by atoms with Gasteiger partial charge in [0.15, 0.2) is 0 Å². The van der Waals surface area contributed by atoms with Gasteiger partial charge in [0, 0.05) is 17.8 Å². The molecule has 0 amide bonds. The molecule has 4 nitrogen and oxygen atoms in total. The first kappa shape index (κ1) is 21.5. The van der Waals surface area contributed by atoms with Gasteiger partial charge in [0.2, 0.25) is 9.84 Å². The van der Waals surface area contributed by atoms with Crippen LogP contribution in [-0.4, -0.2) is 25.4 Å². The number of sulfone groups is 1. The van der Waals surface area contributed by atoms with Gasteiger partial charge in [-0.05, 0) is 76.7 Å². The van der Waals surface area contributed by atoms with Crippen molar-refractivity contribution in [2.45, 2.75) is 83.7 Å². The van der Waals surface area contributed by atoms with Crippen LogP contribution in [-0.2, 0) is 9.84 Å². The lowest BCUT2D eigenvalue weighted by Crippen LogP contribution is -2.39. The summed E-state index contributed by atoms with van der Waals surface area (Å²) in [5.41, 5.74) is 9.18. The van der Waals surface area contributed by atoms with Gasteiger partial charge >= 0.3 is 0 Å². The van der Waals surface area contributed by atoms with E-state index in [-0.39, 0.29) is 9.92 Å². The van der Waals surface area contributed by atoms with Crippen molar-refractivity contribution in [2.24, 2.45) is 5.73 Å². The first-order valence-electron chi connectivity index (χ1n) is 10.0. The predicted octanol–water partition coefficient (Wildman–Crippen LogP) is 4.91. The second-order valence-electron chi connectivity index (χ2n) is 7.62. The first-order valence-corrected chi connectivity index (χ1v) is 11.5. The molecule has 0 spiro atoms. The van der Waals surface area contributed by atoms with E-state index in [4.69, 9.17) is 5.73 Å². The fraction of sp³-hybridized carbons (Fsp3) is 0.545. The molecular weight excluding hydrogens is 356 g/mol. The Hall–Kier alpha value is -1.75. The Morgan fingerprint density at radius 1 is 1.07 bits per heavy atom. The average Bonchev–Trinajstić information content (AvgIpc) is 2.67. The van der Waals surface area contributed by atoms with Gasteiger partial charge in [-0.15, -0.1) is 0 Å². The van der Waals surface area contributed by atoms with Crippen molar-refractivity contribution >= 4 is 9.84 Å². The van der Waals surface area contributed by atoms with Gasteiger partial charge in [0.1, 0.15) is 5.03 Å². The zero-order valence-electron chi connectivity index (χ0n) is 17.3. The molecule has 2 unspecified atom stereocenters. The molecule has 0 radical (unpaired) electrons. The van der Waals surface area contributed by atoms with Crippen molar-refractivity contribution in [3.8, 4) is 0 Å². The summed E-state index contributed by atoms with van der Waals surface area (Å²) < 4.78 is 25.9. The lowest BCUT2D eigenvalue weighted by molar-refractivity contribution is 0.187. The first-order chi connectivity index (χ1) is 12.7. The third-order valence-corrected chi connectivity index (χ3v) is 7.35. The molecule has 0 fully saturated rings. The number of hydrogen-bond acceptors (Lipinski definition) is 4. The van der Waals surface area contributed by atoms with E-state index in [2.05, 4.69) is 32.6 Å². The monoisotopic (exact) mass is 390 g/mol. The van der Waals surface area contributed by atoms with Crippen molar-refractivity contribution in [1.29, 1.82) is 0 Å². The molecule has 1 aliphatic rings. The highest BCUT2D eigenvalue weighted by atomic mass is 32.2. The smallest absolute Gasteiger partial charge is 0.221 e. The minimum atomic E-state index is -3.66. The zero-order chi connectivity index (χ0) is 20.2. The van der Waals surface area contributed by atoms with Crippen molar-refractivity contribution in [3.63, 3.8) is 0 Å². The molecule has 2 rings (SSSR count). The highest BCUT2D eigenvalue weighted by Crippen LogP contribution is 2.32. The lowest BCUT2D eigenvalue weighted by Gasteiger charge is -2.39. The van der Waals surface area contributed by atoms with Crippen LogP contribution in [0.25, 0.3) is 0 Å². The summed E-state index contributed by atoms with van der Waals surface area (Å²) in [5.74, 6) is 0. The SMILES string of the molecule is CCC(C)N(C1=C/C(=C(\N)S(=O)(=O)c2ccc(C)cc2)CCC1)C(C)CC. The van der Waals surface area contributed by atoms with Crippen LogP contribution in [0.1, 0.15) is 65.4 Å². The molecule has 2 atom stereocenters. The van der Waals surface area contributed by atoms with E-state index in [1.807, 2.05) is 13.0 Å². The van der Waals surface area contributed by atoms with Gasteiger partial charge in [-0.25, -0.2) is 8.42 Å². The van der Waals surface area contributed by atoms with E-state index in [0.717, 1.165) is 36.8 Å². The van der Waals surface area contributed by atoms with Crippen LogP contribution >= 0.6 is 0 Å². The largest absolute Gasteiger partial charge is 0.389 e. The van der Waals surface area contributed by atoms with Crippen LogP contribution < -0.4 is 5.73 Å². The fourth-order valence-corrected chi connectivity index (χ4v) is 4.87. The highest BCUT2D eigenvalue weighted by molar-refractivity contribution is 7.95. The molecule has 5 heteroatoms. The Balaban J connectivity index is 2.46. The zero-order valence-corrected chi connectivity index (χ0v) is 18.1. The number of allylic oxidation sites excluding steroid dienone is 3. The Morgan fingerprint density at radius 2 is 1.63 bits per heavy atom. The Labute approximate surface area is 165 Å². The predicted molar refractivity (Wildman–Crippen MR) is 113 cm³/mol. The fourth-order valence-electron chi connectivity index (χ4n) is 3.61. The third-order valence-electron chi connectivity index (χ3n) is 5.62. The van der Waals surface area contributed by atoms with Crippen LogP contribution in [0.3, 0.4) is 0 Å². The maximum atomic E-state index is 13.0. The molecule has 0 bridgehead atoms. The van der Waals surface area contributed by atoms with Gasteiger partial charge < -0.3 is 10.6 Å². The molecule has 2 N–H and O–H groups in total. The summed E-state index contributed by atoms with van der Waals surface area (Å²) in [6.07, 6.45) is 6.73. The van der Waals surface area contributed by atoms with Crippen molar-refractivity contribution in [2.75, 3.05) is 0 Å². The molecule has 0 saturated heterocycles. The number of benzene rings is 1. The summed E-state index contributed by atoms with van der Waals surface area (Å²) in [5, 5.41) is -0.00296. The minimum absolute atomic E-state index is 0.00296. The van der Waals surface area contributed by atoms with Crippen LogP contribution in [0.15, 0.2) is 51.5 Å². The Morgan fingerprint density at radius 3 is 2.15 bits per heavy atom. The highest BCUT2D eigenvalue weighted by Gasteiger charge is 2.26. The summed E-state index contributed by atoms with van der Waals surface area (Å²) in [7, 11) is -3.66. The standard InChI is InChI=1S/C22H34N2O2S/c1-6-17(4)24(18(5)7-2)20-10-8-9-19(15-20)22(23)27(25,26)21-13-11-16(3)12-14-21/h11-15,17-18H,6-10,23H2,1-5H3/b22-19+. The van der Waals surface area contributed by atoms with E-state index in [0.29, 0.717) is 18.5 Å². The maximum Gasteiger partial charge on any atom is 0.221 e. The molecule has 1 aromatic rings. The molecule has 0 saturated carbocycles. The van der Waals surface area contributed by atoms with E-state index >= 15 is 0 Å². The van der Waals surface area contributed by atoms with Gasteiger partial charge in [0.25, 0.3) is 0 Å². The van der Waals surface area contributed by atoms with Gasteiger partial charge in [-0.3, -0.25) is 0 Å². The second kappa shape index (κ2) is 8.96. The van der Waals surface area contributed by atoms with Crippen molar-refractivity contribution in [3.05, 3.63) is 52.2 Å². The van der Waals surface area contributed by atoms with Crippen molar-refractivity contribution < 1.29 is 8.42 Å². The van der Waals surface area contributed by atoms with E-state index in [9.17, 15) is 8.42 Å². The Bertz CT molecular complexity index is 797. The van der Waals surface area contributed by atoms with Crippen LogP contribution in [0, 0.1) is 6.92 Å². The molecule has 0 heterocycles. The number of hydrogen-bond donors (Lipinski definition) is 1. The van der Waals surface area contributed by atoms with Crippen LogP contribution in [0.4, 0.5) is 0 Å². The molecule has 0 aromatic heterocycles. The molecule has 1 aromatic carbocycles. The van der Waals surface area contributed by atoms with E-state index < -0.39 is 9.84 Å². The molecule has 27 heavy (non-hydrogen) atoms. The van der Waals surface area contributed by atoms with Gasteiger partial charge in [0.05, 0.1) is 4.90 Å². The number of nitrogens with two attached hydrogens (primary N) is 1. The second-order valence-corrected chi connectivity index (χ2v) is 9.54. The normalized spacial score (nSPS) is 19.2. The van der Waals surface area contributed by atoms with Gasteiger partial charge in [-0.2, -0.15) is 0 Å². The summed E-state index contributed by atoms with van der Waals surface area (Å²) in [4.78, 5) is 2.71. The van der Waals surface area contributed by atoms with Crippen LogP contribution in [0.5, 0.6) is 0 Å². The maximum absolute atomic E-state index is 13.0. The van der Waals surface area contributed by atoms with Crippen LogP contribution in [0.2, 0.25) is 0 Å². The Kier molecular flexibility index (Phi) is 7.15. The lowest BCUT2D eigenvalue weighted by atomic mass is 9.96. The summed E-state index contributed by atoms with van der Waals surface area (Å²) in [6, 6.07) is 7.72. The van der Waals surface area contributed by atoms with Crippen molar-refractivity contribution in [1.82, 2.24) is 4.90 Å². The number of rotatable bonds is 7.